The van der Waals surface area contributed by atoms with Crippen molar-refractivity contribution in [3.8, 4) is 0 Å². The van der Waals surface area contributed by atoms with Crippen LogP contribution >= 0.6 is 0 Å². The van der Waals surface area contributed by atoms with Crippen molar-refractivity contribution in [1.82, 2.24) is 4.57 Å². The number of hydrogen-bond donors (Lipinski definition) is 0. The summed E-state index contributed by atoms with van der Waals surface area (Å²) in [5.74, 6) is -0.0325. The lowest BCUT2D eigenvalue weighted by molar-refractivity contribution is -0.386. The van der Waals surface area contributed by atoms with Crippen molar-refractivity contribution in [2.24, 2.45) is 0 Å². The fraction of sp³-hybridized carbons (Fsp3) is 0.545. The Morgan fingerprint density at radius 2 is 1.88 bits per heavy atom. The van der Waals surface area contributed by atoms with Gasteiger partial charge in [-0.25, -0.2) is 0 Å². The summed E-state index contributed by atoms with van der Waals surface area (Å²) in [6.45, 7) is 7.31. The van der Waals surface area contributed by atoms with Crippen molar-refractivity contribution in [3.05, 3.63) is 38.3 Å². The third kappa shape index (κ3) is 2.29. The predicted molar refractivity (Wildman–Crippen MR) is 61.8 cm³/mol. The third-order valence-electron chi connectivity index (χ3n) is 2.47. The van der Waals surface area contributed by atoms with Gasteiger partial charge in [-0.2, -0.15) is 0 Å². The average Bonchev–Trinajstić information content (AvgIpc) is 2.15. The number of aromatic nitrogens is 1. The highest BCUT2D eigenvalue weighted by atomic mass is 16.6. The molecule has 0 aliphatic carbocycles. The Kier molecular flexibility index (Phi) is 3.47. The van der Waals surface area contributed by atoms with Crippen LogP contribution in [0, 0.1) is 10.1 Å². The lowest BCUT2D eigenvalue weighted by Crippen LogP contribution is -2.22. The molecule has 0 bridgehead atoms. The lowest BCUT2D eigenvalue weighted by atomic mass is 10.0. The fourth-order valence-corrected chi connectivity index (χ4v) is 1.57. The van der Waals surface area contributed by atoms with Gasteiger partial charge in [0.15, 0.2) is 0 Å². The molecule has 0 aliphatic rings. The molecule has 0 amide bonds. The van der Waals surface area contributed by atoms with Gasteiger partial charge in [0.05, 0.1) is 11.1 Å². The zero-order valence-corrected chi connectivity index (χ0v) is 9.93. The van der Waals surface area contributed by atoms with Gasteiger partial charge in [0.2, 0.25) is 0 Å². The Balaban J connectivity index is 3.50. The quantitative estimate of drug-likeness (QED) is 0.585. The van der Waals surface area contributed by atoms with Crippen LogP contribution in [0.5, 0.6) is 0 Å². The first kappa shape index (κ1) is 12.4. The Hall–Kier alpha value is -1.65. The molecule has 0 N–H and O–H groups in total. The van der Waals surface area contributed by atoms with Crippen LogP contribution in [0.2, 0.25) is 0 Å². The van der Waals surface area contributed by atoms with Crippen LogP contribution in [0.3, 0.4) is 0 Å². The van der Waals surface area contributed by atoms with Crippen molar-refractivity contribution >= 4 is 5.69 Å². The van der Waals surface area contributed by atoms with E-state index in [1.807, 2.05) is 27.7 Å². The molecule has 0 saturated carbocycles. The fourth-order valence-electron chi connectivity index (χ4n) is 1.57. The van der Waals surface area contributed by atoms with Crippen LogP contribution in [0.25, 0.3) is 0 Å². The maximum Gasteiger partial charge on any atom is 0.289 e. The zero-order chi connectivity index (χ0) is 12.5. The van der Waals surface area contributed by atoms with Gasteiger partial charge in [-0.1, -0.05) is 13.8 Å². The topological polar surface area (TPSA) is 65.1 Å². The summed E-state index contributed by atoms with van der Waals surface area (Å²) in [6, 6.07) is 1.29. The molecule has 0 aliphatic heterocycles. The van der Waals surface area contributed by atoms with E-state index in [2.05, 4.69) is 0 Å². The van der Waals surface area contributed by atoms with E-state index in [1.54, 1.807) is 0 Å². The highest BCUT2D eigenvalue weighted by Crippen LogP contribution is 2.24. The monoisotopic (exact) mass is 224 g/mol. The maximum absolute atomic E-state index is 11.7. The molecule has 5 nitrogen and oxygen atoms in total. The average molecular weight is 224 g/mol. The van der Waals surface area contributed by atoms with E-state index >= 15 is 0 Å². The Bertz CT molecular complexity index is 461. The molecule has 5 heteroatoms. The van der Waals surface area contributed by atoms with Gasteiger partial charge in [-0.15, -0.1) is 0 Å². The molecule has 1 rings (SSSR count). The highest BCUT2D eigenvalue weighted by molar-refractivity contribution is 5.39. The van der Waals surface area contributed by atoms with Gasteiger partial charge in [-0.05, 0) is 19.8 Å². The second-order valence-corrected chi connectivity index (χ2v) is 4.37. The van der Waals surface area contributed by atoms with Crippen LogP contribution in [0.1, 0.15) is 45.2 Å². The van der Waals surface area contributed by atoms with Crippen molar-refractivity contribution in [2.45, 2.75) is 39.7 Å². The number of nitro groups is 1. The maximum atomic E-state index is 11.7. The molecule has 0 radical (unpaired) electrons. The summed E-state index contributed by atoms with van der Waals surface area (Å²) >= 11 is 0. The van der Waals surface area contributed by atoms with E-state index in [1.165, 1.54) is 16.8 Å². The van der Waals surface area contributed by atoms with Gasteiger partial charge >= 0.3 is 0 Å². The molecule has 1 aromatic rings. The molecule has 0 spiro atoms. The minimum absolute atomic E-state index is 0.0169. The predicted octanol–water partition coefficient (Wildman–Crippen LogP) is 2.46. The molecule has 0 fully saturated rings. The molecular formula is C11H16N2O3. The molecule has 1 aromatic heterocycles. The van der Waals surface area contributed by atoms with E-state index < -0.39 is 4.92 Å². The van der Waals surface area contributed by atoms with Crippen LogP contribution < -0.4 is 5.56 Å². The van der Waals surface area contributed by atoms with Gasteiger partial charge in [0.1, 0.15) is 0 Å². The largest absolute Gasteiger partial charge is 0.306 e. The number of pyridine rings is 1. The van der Waals surface area contributed by atoms with E-state index in [9.17, 15) is 14.9 Å². The van der Waals surface area contributed by atoms with E-state index in [0.29, 0.717) is 5.56 Å². The van der Waals surface area contributed by atoms with E-state index in [0.717, 1.165) is 0 Å². The Labute approximate surface area is 93.9 Å². The second-order valence-electron chi connectivity index (χ2n) is 4.37. The van der Waals surface area contributed by atoms with E-state index in [-0.39, 0.29) is 23.2 Å². The molecule has 88 valence electrons. The van der Waals surface area contributed by atoms with Crippen LogP contribution in [0.4, 0.5) is 5.69 Å². The minimum atomic E-state index is -0.437. The molecule has 0 atom stereocenters. The Morgan fingerprint density at radius 3 is 2.25 bits per heavy atom. The van der Waals surface area contributed by atoms with Crippen molar-refractivity contribution < 1.29 is 4.92 Å². The van der Waals surface area contributed by atoms with Crippen molar-refractivity contribution in [2.75, 3.05) is 0 Å². The van der Waals surface area contributed by atoms with E-state index in [4.69, 9.17) is 0 Å². The summed E-state index contributed by atoms with van der Waals surface area (Å²) in [7, 11) is 0. The first-order chi connectivity index (χ1) is 7.34. The van der Waals surface area contributed by atoms with Crippen LogP contribution in [-0.4, -0.2) is 9.49 Å². The lowest BCUT2D eigenvalue weighted by Gasteiger charge is -2.12. The van der Waals surface area contributed by atoms with Crippen molar-refractivity contribution in [1.29, 1.82) is 0 Å². The zero-order valence-electron chi connectivity index (χ0n) is 9.93. The van der Waals surface area contributed by atoms with Gasteiger partial charge < -0.3 is 4.57 Å². The summed E-state index contributed by atoms with van der Waals surface area (Å²) in [4.78, 5) is 22.2. The number of rotatable bonds is 3. The smallest absolute Gasteiger partial charge is 0.289 e. The minimum Gasteiger partial charge on any atom is -0.306 e. The molecular weight excluding hydrogens is 208 g/mol. The van der Waals surface area contributed by atoms with Gasteiger partial charge in [0, 0.05) is 17.7 Å². The normalized spacial score (nSPS) is 11.1. The first-order valence-electron chi connectivity index (χ1n) is 5.25. The summed E-state index contributed by atoms with van der Waals surface area (Å²) in [5, 5.41) is 10.9. The standard InChI is InChI=1S/C11H16N2O3/c1-7(2)9-5-11(14)12(8(3)4)6-10(9)13(15)16/h5-8H,1-4H3. The Morgan fingerprint density at radius 1 is 1.31 bits per heavy atom. The molecule has 0 aromatic carbocycles. The third-order valence-corrected chi connectivity index (χ3v) is 2.47. The van der Waals surface area contributed by atoms with Crippen molar-refractivity contribution in [3.63, 3.8) is 0 Å². The number of nitrogens with zero attached hydrogens (tertiary/aromatic N) is 2. The second kappa shape index (κ2) is 4.47. The summed E-state index contributed by atoms with van der Waals surface area (Å²) in [6.07, 6.45) is 1.34. The highest BCUT2D eigenvalue weighted by Gasteiger charge is 2.19. The SMILES string of the molecule is CC(C)c1cc(=O)n(C(C)C)cc1[N+](=O)[O-]. The molecule has 16 heavy (non-hydrogen) atoms. The first-order valence-corrected chi connectivity index (χ1v) is 5.25. The van der Waals surface area contributed by atoms with Gasteiger partial charge in [0.25, 0.3) is 11.2 Å². The molecule has 0 unspecified atom stereocenters. The molecule has 0 saturated heterocycles. The summed E-state index contributed by atoms with van der Waals surface area (Å²) < 4.78 is 1.38. The summed E-state index contributed by atoms with van der Waals surface area (Å²) in [5.41, 5.74) is 0.319. The number of hydrogen-bond acceptors (Lipinski definition) is 3. The van der Waals surface area contributed by atoms with Gasteiger partial charge in [-0.3, -0.25) is 14.9 Å². The van der Waals surface area contributed by atoms with Crippen LogP contribution in [-0.2, 0) is 0 Å². The van der Waals surface area contributed by atoms with Crippen LogP contribution in [0.15, 0.2) is 17.1 Å². The molecule has 1 heterocycles.